The first-order chi connectivity index (χ1) is 17.8. The Bertz CT molecular complexity index is 945. The van der Waals surface area contributed by atoms with Gasteiger partial charge in [-0.05, 0) is 44.0 Å². The summed E-state index contributed by atoms with van der Waals surface area (Å²) in [6, 6.07) is 4.87. The van der Waals surface area contributed by atoms with E-state index in [0.29, 0.717) is 18.8 Å². The molecule has 0 saturated carbocycles. The minimum atomic E-state index is -1.10. The van der Waals surface area contributed by atoms with Crippen LogP contribution in [-0.2, 0) is 14.4 Å². The van der Waals surface area contributed by atoms with Crippen LogP contribution in [-0.4, -0.2) is 91.9 Å². The number of hydrogen-bond donors (Lipinski definition) is 3. The molecule has 10 nitrogen and oxygen atoms in total. The van der Waals surface area contributed by atoms with E-state index in [0.717, 1.165) is 25.9 Å². The zero-order chi connectivity index (χ0) is 26.8. The molecule has 2 aliphatic heterocycles. The molecule has 0 radical (unpaired) electrons. The van der Waals surface area contributed by atoms with Crippen molar-refractivity contribution in [1.29, 1.82) is 0 Å². The van der Waals surface area contributed by atoms with Gasteiger partial charge in [0.25, 0.3) is 5.91 Å². The van der Waals surface area contributed by atoms with Gasteiger partial charge in [0.05, 0.1) is 18.5 Å². The summed E-state index contributed by atoms with van der Waals surface area (Å²) in [4.78, 5) is 56.2. The molecule has 2 atom stereocenters. The Hall–Kier alpha value is -3.14. The summed E-state index contributed by atoms with van der Waals surface area (Å²) in [5, 5.41) is 8.38. The molecule has 1 fully saturated rings. The summed E-state index contributed by atoms with van der Waals surface area (Å²) in [5.41, 5.74) is 0.261. The maximum Gasteiger partial charge on any atom is 0.255 e. The zero-order valence-electron chi connectivity index (χ0n) is 22.3. The van der Waals surface area contributed by atoms with Crippen molar-refractivity contribution in [2.75, 3.05) is 46.4 Å². The summed E-state index contributed by atoms with van der Waals surface area (Å²) in [5.74, 6) is -1.46. The topological polar surface area (TPSA) is 120 Å². The van der Waals surface area contributed by atoms with Crippen molar-refractivity contribution < 1.29 is 23.9 Å². The molecular formula is C27H41N5O5. The predicted molar refractivity (Wildman–Crippen MR) is 140 cm³/mol. The summed E-state index contributed by atoms with van der Waals surface area (Å²) in [6.45, 7) is 7.31. The standard InChI is InChI=1S/C27H41N5O5/c1-19(2)24-27(36)31(3)16-17-37-22-11-7-6-10-20(22)25(34)29-21(18-23(33)30-24)26(35)28-12-15-32-13-8-4-5-9-14-32/h6-7,10-11,19,21,24H,4-5,8-9,12-18H2,1-3H3,(H,28,35)(H,29,34)(H,30,33)/t21-,24-/m0/s1. The average molecular weight is 516 g/mol. The molecule has 2 heterocycles. The first-order valence-electron chi connectivity index (χ1n) is 13.3. The quantitative estimate of drug-likeness (QED) is 0.541. The molecule has 10 heteroatoms. The van der Waals surface area contributed by atoms with Crippen LogP contribution >= 0.6 is 0 Å². The second-order valence-electron chi connectivity index (χ2n) is 10.2. The zero-order valence-corrected chi connectivity index (χ0v) is 22.3. The van der Waals surface area contributed by atoms with Gasteiger partial charge in [-0.1, -0.05) is 38.8 Å². The molecule has 3 N–H and O–H groups in total. The Morgan fingerprint density at radius 3 is 2.46 bits per heavy atom. The van der Waals surface area contributed by atoms with E-state index in [2.05, 4.69) is 20.9 Å². The third-order valence-electron chi connectivity index (χ3n) is 6.88. The number of hydrogen-bond acceptors (Lipinski definition) is 6. The fourth-order valence-electron chi connectivity index (χ4n) is 4.62. The second kappa shape index (κ2) is 14.0. The highest BCUT2D eigenvalue weighted by Crippen LogP contribution is 2.19. The van der Waals surface area contributed by atoms with Gasteiger partial charge in [0.15, 0.2) is 0 Å². The lowest BCUT2D eigenvalue weighted by Crippen LogP contribution is -2.54. The fraction of sp³-hybridized carbons (Fsp3) is 0.630. The number of likely N-dealkylation sites (tertiary alicyclic amines) is 1. The molecule has 1 aromatic rings. The lowest BCUT2D eigenvalue weighted by Gasteiger charge is -2.28. The predicted octanol–water partition coefficient (Wildman–Crippen LogP) is 1.16. The number of nitrogens with zero attached hydrogens (tertiary/aromatic N) is 2. The fourth-order valence-corrected chi connectivity index (χ4v) is 4.62. The van der Waals surface area contributed by atoms with E-state index in [1.54, 1.807) is 31.3 Å². The van der Waals surface area contributed by atoms with Gasteiger partial charge in [0.2, 0.25) is 17.7 Å². The number of rotatable bonds is 5. The molecule has 1 aromatic carbocycles. The van der Waals surface area contributed by atoms with E-state index in [4.69, 9.17) is 4.74 Å². The number of benzene rings is 1. The first kappa shape index (κ1) is 28.4. The Kier molecular flexibility index (Phi) is 10.7. The average Bonchev–Trinajstić information content (AvgIpc) is 3.14. The van der Waals surface area contributed by atoms with Crippen molar-refractivity contribution in [2.24, 2.45) is 5.92 Å². The van der Waals surface area contributed by atoms with E-state index in [1.807, 2.05) is 13.8 Å². The highest BCUT2D eigenvalue weighted by Gasteiger charge is 2.31. The number of carbonyl (C=O) groups excluding carboxylic acids is 4. The van der Waals surface area contributed by atoms with Crippen molar-refractivity contribution in [3.8, 4) is 5.75 Å². The minimum absolute atomic E-state index is 0.163. The van der Waals surface area contributed by atoms with Gasteiger partial charge < -0.3 is 30.5 Å². The molecule has 4 amide bonds. The van der Waals surface area contributed by atoms with Gasteiger partial charge in [0, 0.05) is 20.1 Å². The molecule has 0 bridgehead atoms. The molecule has 37 heavy (non-hydrogen) atoms. The molecule has 2 aliphatic rings. The molecule has 204 valence electrons. The lowest BCUT2D eigenvalue weighted by atomic mass is 10.0. The van der Waals surface area contributed by atoms with E-state index >= 15 is 0 Å². The van der Waals surface area contributed by atoms with Crippen LogP contribution in [0.15, 0.2) is 24.3 Å². The lowest BCUT2D eigenvalue weighted by molar-refractivity contribution is -0.137. The minimum Gasteiger partial charge on any atom is -0.491 e. The third kappa shape index (κ3) is 8.45. The van der Waals surface area contributed by atoms with Crippen LogP contribution in [0.2, 0.25) is 0 Å². The van der Waals surface area contributed by atoms with Gasteiger partial charge in [0.1, 0.15) is 24.4 Å². The Labute approximate surface area is 219 Å². The van der Waals surface area contributed by atoms with E-state index in [1.165, 1.54) is 17.7 Å². The van der Waals surface area contributed by atoms with Gasteiger partial charge in [-0.15, -0.1) is 0 Å². The first-order valence-corrected chi connectivity index (χ1v) is 13.3. The van der Waals surface area contributed by atoms with Gasteiger partial charge in [-0.3, -0.25) is 19.2 Å². The number of ether oxygens (including phenoxy) is 1. The number of likely N-dealkylation sites (N-methyl/N-ethyl adjacent to an activating group) is 1. The Morgan fingerprint density at radius 2 is 1.76 bits per heavy atom. The van der Waals surface area contributed by atoms with Crippen LogP contribution in [0.5, 0.6) is 5.75 Å². The van der Waals surface area contributed by atoms with E-state index in [9.17, 15) is 19.2 Å². The highest BCUT2D eigenvalue weighted by atomic mass is 16.5. The van der Waals surface area contributed by atoms with Crippen molar-refractivity contribution >= 4 is 23.6 Å². The smallest absolute Gasteiger partial charge is 0.255 e. The number of amides is 4. The molecule has 0 aromatic heterocycles. The van der Waals surface area contributed by atoms with Crippen molar-refractivity contribution in [1.82, 2.24) is 25.8 Å². The maximum atomic E-state index is 13.2. The van der Waals surface area contributed by atoms with Crippen LogP contribution in [0.25, 0.3) is 0 Å². The molecule has 1 saturated heterocycles. The SMILES string of the molecule is CC(C)[C@@H]1NC(=O)C[C@@H](C(=O)NCCN2CCCCCC2)NC(=O)c2ccccc2OCCN(C)C1=O. The number of fused-ring (bicyclic) bond motifs is 1. The van der Waals surface area contributed by atoms with Crippen LogP contribution in [0.3, 0.4) is 0 Å². The molecule has 0 unspecified atom stereocenters. The summed E-state index contributed by atoms with van der Waals surface area (Å²) in [6.07, 6.45) is 4.47. The van der Waals surface area contributed by atoms with E-state index < -0.39 is 29.8 Å². The van der Waals surface area contributed by atoms with Crippen LogP contribution < -0.4 is 20.7 Å². The molecule has 3 rings (SSSR count). The summed E-state index contributed by atoms with van der Waals surface area (Å²) in [7, 11) is 1.65. The van der Waals surface area contributed by atoms with Crippen LogP contribution in [0, 0.1) is 5.92 Å². The second-order valence-corrected chi connectivity index (χ2v) is 10.2. The van der Waals surface area contributed by atoms with Gasteiger partial charge in [-0.2, -0.15) is 0 Å². The van der Waals surface area contributed by atoms with Crippen molar-refractivity contribution in [2.45, 2.75) is 58.0 Å². The molecular weight excluding hydrogens is 474 g/mol. The van der Waals surface area contributed by atoms with Crippen LogP contribution in [0.1, 0.15) is 56.3 Å². The van der Waals surface area contributed by atoms with Crippen molar-refractivity contribution in [3.63, 3.8) is 0 Å². The van der Waals surface area contributed by atoms with Crippen molar-refractivity contribution in [3.05, 3.63) is 29.8 Å². The third-order valence-corrected chi connectivity index (χ3v) is 6.88. The molecule has 0 aliphatic carbocycles. The maximum absolute atomic E-state index is 13.2. The Morgan fingerprint density at radius 1 is 1.05 bits per heavy atom. The summed E-state index contributed by atoms with van der Waals surface area (Å²) < 4.78 is 5.83. The number of carbonyl (C=O) groups is 4. The normalized spacial score (nSPS) is 22.7. The number of nitrogens with one attached hydrogen (secondary N) is 3. The highest BCUT2D eigenvalue weighted by molar-refractivity contribution is 6.01. The van der Waals surface area contributed by atoms with Crippen LogP contribution in [0.4, 0.5) is 0 Å². The van der Waals surface area contributed by atoms with Gasteiger partial charge in [-0.25, -0.2) is 0 Å². The molecule has 0 spiro atoms. The summed E-state index contributed by atoms with van der Waals surface area (Å²) >= 11 is 0. The van der Waals surface area contributed by atoms with E-state index in [-0.39, 0.29) is 37.0 Å². The van der Waals surface area contributed by atoms with Gasteiger partial charge >= 0.3 is 0 Å². The Balaban J connectivity index is 1.77. The monoisotopic (exact) mass is 515 g/mol. The largest absolute Gasteiger partial charge is 0.491 e. The number of para-hydroxylation sites is 1.